The van der Waals surface area contributed by atoms with Crippen LogP contribution in [0.2, 0.25) is 0 Å². The third kappa shape index (κ3) is 3.98. The molecule has 2 unspecified atom stereocenters. The fourth-order valence-electron chi connectivity index (χ4n) is 2.90. The van der Waals surface area contributed by atoms with E-state index < -0.39 is 21.0 Å². The second-order valence-corrected chi connectivity index (χ2v) is 8.64. The van der Waals surface area contributed by atoms with Crippen molar-refractivity contribution in [2.24, 2.45) is 0 Å². The van der Waals surface area contributed by atoms with E-state index in [1.54, 1.807) is 0 Å². The van der Waals surface area contributed by atoms with Gasteiger partial charge in [-0.15, -0.1) is 0 Å². The quantitative estimate of drug-likeness (QED) is 0.740. The Morgan fingerprint density at radius 1 is 0.957 bits per heavy atom. The van der Waals surface area contributed by atoms with Crippen molar-refractivity contribution < 1.29 is 14.5 Å². The fourth-order valence-corrected chi connectivity index (χ4v) is 4.91. The molecule has 23 heavy (non-hydrogen) atoms. The molecule has 1 fully saturated rings. The Kier molecular flexibility index (Phi) is 5.11. The Balaban J connectivity index is 2.05. The summed E-state index contributed by atoms with van der Waals surface area (Å²) >= 11 is -5.69. The van der Waals surface area contributed by atoms with Crippen molar-refractivity contribution in [1.29, 1.82) is 0 Å². The topological polar surface area (TPSA) is 21.7 Å². The number of nitrogens with zero attached hydrogens (tertiary/aromatic N) is 1. The molecule has 0 spiro atoms. The van der Waals surface area contributed by atoms with Crippen LogP contribution in [0.25, 0.3) is 0 Å². The van der Waals surface area contributed by atoms with Crippen molar-refractivity contribution in [1.82, 2.24) is 4.90 Å². The predicted molar refractivity (Wildman–Crippen MR) is 86.0 cm³/mol. The van der Waals surface area contributed by atoms with Gasteiger partial charge in [-0.25, -0.2) is 0 Å². The van der Waals surface area contributed by atoms with Crippen molar-refractivity contribution in [2.45, 2.75) is 12.1 Å². The van der Waals surface area contributed by atoms with Gasteiger partial charge in [-0.1, -0.05) is 0 Å². The Labute approximate surface area is 138 Å². The Morgan fingerprint density at radius 3 is 2.13 bits per heavy atom. The standard InChI is InChI=1S/C17H19F2GeNO2/c1-21-12-13-22-20(18,19)23-17(15-10-6-3-7-11-15)16(21)14-8-4-2-5-9-14/h2-11,16-17H,12-13H2,1H3. The molecule has 6 heteroatoms. The molecule has 0 amide bonds. The summed E-state index contributed by atoms with van der Waals surface area (Å²) < 4.78 is 38.3. The monoisotopic (exact) mass is 381 g/mol. The molecule has 0 N–H and O–H groups in total. The molecule has 0 aliphatic carbocycles. The second kappa shape index (κ2) is 7.09. The predicted octanol–water partition coefficient (Wildman–Crippen LogP) is 3.82. The molecule has 1 saturated heterocycles. The van der Waals surface area contributed by atoms with Gasteiger partial charge < -0.3 is 0 Å². The van der Waals surface area contributed by atoms with Crippen molar-refractivity contribution in [3.63, 3.8) is 0 Å². The summed E-state index contributed by atoms with van der Waals surface area (Å²) in [6.45, 7) is 0.432. The van der Waals surface area contributed by atoms with Crippen molar-refractivity contribution in [2.75, 3.05) is 20.2 Å². The van der Waals surface area contributed by atoms with Gasteiger partial charge in [0.2, 0.25) is 0 Å². The number of rotatable bonds is 2. The molecular formula is C17H19F2GeNO2. The zero-order valence-electron chi connectivity index (χ0n) is 12.9. The summed E-state index contributed by atoms with van der Waals surface area (Å²) in [6, 6.07) is 18.6. The summed E-state index contributed by atoms with van der Waals surface area (Å²) in [5.74, 6) is 0. The van der Waals surface area contributed by atoms with Crippen LogP contribution in [0.4, 0.5) is 7.00 Å². The van der Waals surface area contributed by atoms with E-state index >= 15 is 0 Å². The third-order valence-electron chi connectivity index (χ3n) is 4.01. The van der Waals surface area contributed by atoms with E-state index in [-0.39, 0.29) is 12.6 Å². The minimum absolute atomic E-state index is 0.00561. The first-order valence-electron chi connectivity index (χ1n) is 7.56. The molecule has 1 aliphatic rings. The fraction of sp³-hybridized carbons (Fsp3) is 0.294. The summed E-state index contributed by atoms with van der Waals surface area (Å²) in [5.41, 5.74) is 1.70. The average Bonchev–Trinajstić information content (AvgIpc) is 2.54. The molecule has 3 nitrogen and oxygen atoms in total. The maximum absolute atomic E-state index is 14.1. The first-order valence-corrected chi connectivity index (χ1v) is 10.9. The van der Waals surface area contributed by atoms with Crippen LogP contribution in [0.15, 0.2) is 60.7 Å². The summed E-state index contributed by atoms with van der Waals surface area (Å²) in [4.78, 5) is 2.02. The van der Waals surface area contributed by atoms with E-state index in [1.165, 1.54) is 0 Å². The van der Waals surface area contributed by atoms with E-state index in [4.69, 9.17) is 7.53 Å². The Bertz CT molecular complexity index is 627. The number of halogens is 2. The van der Waals surface area contributed by atoms with E-state index in [9.17, 15) is 7.00 Å². The zero-order valence-corrected chi connectivity index (χ0v) is 15.0. The summed E-state index contributed by atoms with van der Waals surface area (Å²) in [5, 5.41) is 0. The average molecular weight is 380 g/mol. The van der Waals surface area contributed by atoms with Gasteiger partial charge in [0.1, 0.15) is 0 Å². The third-order valence-corrected chi connectivity index (χ3v) is 6.25. The van der Waals surface area contributed by atoms with Gasteiger partial charge in [0, 0.05) is 0 Å². The number of likely N-dealkylation sites (N-methyl/N-ethyl adjacent to an activating group) is 1. The van der Waals surface area contributed by atoms with Gasteiger partial charge in [-0.2, -0.15) is 0 Å². The Morgan fingerprint density at radius 2 is 1.52 bits per heavy atom. The van der Waals surface area contributed by atoms with Gasteiger partial charge >= 0.3 is 138 Å². The summed E-state index contributed by atoms with van der Waals surface area (Å²) in [7, 11) is 1.91. The number of hydrogen-bond acceptors (Lipinski definition) is 3. The van der Waals surface area contributed by atoms with Crippen LogP contribution in [0, 0.1) is 0 Å². The Hall–Kier alpha value is -1.28. The van der Waals surface area contributed by atoms with Crippen LogP contribution in [0.3, 0.4) is 0 Å². The van der Waals surface area contributed by atoms with Gasteiger partial charge in [0.05, 0.1) is 0 Å². The first-order chi connectivity index (χ1) is 11.1. The first kappa shape index (κ1) is 16.6. The molecule has 0 bridgehead atoms. The number of hydrogen-bond donors (Lipinski definition) is 0. The van der Waals surface area contributed by atoms with Gasteiger partial charge in [-0.3, -0.25) is 0 Å². The van der Waals surface area contributed by atoms with Crippen molar-refractivity contribution >= 4 is 14.9 Å². The van der Waals surface area contributed by atoms with Crippen molar-refractivity contribution in [3.05, 3.63) is 71.8 Å². The minimum atomic E-state index is -5.69. The van der Waals surface area contributed by atoms with Crippen LogP contribution >= 0.6 is 0 Å². The molecule has 0 radical (unpaired) electrons. The van der Waals surface area contributed by atoms with Crippen LogP contribution in [-0.2, 0) is 7.53 Å². The zero-order chi connectivity index (χ0) is 16.3. The normalized spacial score (nSPS) is 25.5. The molecule has 0 saturated carbocycles. The molecule has 2 atom stereocenters. The van der Waals surface area contributed by atoms with Crippen molar-refractivity contribution in [3.8, 4) is 0 Å². The SMILES string of the molecule is CN1CC[O][Ge]([F])([F])[O]C(c2ccccc2)C1c1ccccc1. The van der Waals surface area contributed by atoms with Crippen LogP contribution in [0.1, 0.15) is 23.3 Å². The van der Waals surface area contributed by atoms with E-state index in [0.717, 1.165) is 11.1 Å². The van der Waals surface area contributed by atoms with Gasteiger partial charge in [0.15, 0.2) is 0 Å². The molecule has 2 aromatic carbocycles. The molecule has 1 aliphatic heterocycles. The molecular weight excluding hydrogens is 361 g/mol. The van der Waals surface area contributed by atoms with Crippen LogP contribution in [-0.4, -0.2) is 40.0 Å². The molecule has 3 rings (SSSR count). The van der Waals surface area contributed by atoms with Gasteiger partial charge in [0.25, 0.3) is 0 Å². The van der Waals surface area contributed by atoms with Crippen LogP contribution < -0.4 is 0 Å². The van der Waals surface area contributed by atoms with Gasteiger partial charge in [-0.05, 0) is 0 Å². The number of benzene rings is 2. The van der Waals surface area contributed by atoms with E-state index in [1.807, 2.05) is 72.6 Å². The maximum atomic E-state index is 14.1. The van der Waals surface area contributed by atoms with Crippen LogP contribution in [0.5, 0.6) is 0 Å². The molecule has 2 aromatic rings. The molecule has 0 aromatic heterocycles. The van der Waals surface area contributed by atoms with E-state index in [0.29, 0.717) is 6.54 Å². The summed E-state index contributed by atoms with van der Waals surface area (Å²) in [6.07, 6.45) is -0.751. The molecule has 122 valence electrons. The molecule has 1 heterocycles. The second-order valence-electron chi connectivity index (χ2n) is 5.60. The van der Waals surface area contributed by atoms with E-state index in [2.05, 4.69) is 0 Å².